The summed E-state index contributed by atoms with van der Waals surface area (Å²) in [6.07, 6.45) is -2.27. The highest BCUT2D eigenvalue weighted by molar-refractivity contribution is 7.90. The van der Waals surface area contributed by atoms with E-state index >= 15 is 0 Å². The van der Waals surface area contributed by atoms with Crippen molar-refractivity contribution in [3.05, 3.63) is 94.8 Å². The van der Waals surface area contributed by atoms with Gasteiger partial charge in [0.2, 0.25) is 0 Å². The van der Waals surface area contributed by atoms with Crippen LogP contribution in [0.25, 0.3) is 0 Å². The fraction of sp³-hybridized carbons (Fsp3) is 0.333. The number of hydrogen-bond acceptors (Lipinski definition) is 5. The van der Waals surface area contributed by atoms with Crippen molar-refractivity contribution in [1.29, 1.82) is 0 Å². The van der Waals surface area contributed by atoms with E-state index in [4.69, 9.17) is 4.74 Å². The van der Waals surface area contributed by atoms with E-state index in [0.29, 0.717) is 37.2 Å². The SMILES string of the molecule is CS(=O)(=O)c1cc(OCCCN(CCc2ccc(F)cc2)Cc2cccc(C(F)(F)F)c2)ccc1CO. The lowest BCUT2D eigenvalue weighted by atomic mass is 10.1. The van der Waals surface area contributed by atoms with E-state index in [9.17, 15) is 31.1 Å². The van der Waals surface area contributed by atoms with Crippen molar-refractivity contribution in [1.82, 2.24) is 4.90 Å². The molecule has 0 saturated heterocycles. The Morgan fingerprint density at radius 3 is 2.32 bits per heavy atom. The molecule has 37 heavy (non-hydrogen) atoms. The van der Waals surface area contributed by atoms with Crippen LogP contribution in [-0.4, -0.2) is 44.4 Å². The van der Waals surface area contributed by atoms with Gasteiger partial charge in [-0.3, -0.25) is 4.90 Å². The third-order valence-electron chi connectivity index (χ3n) is 5.79. The van der Waals surface area contributed by atoms with Gasteiger partial charge in [0.1, 0.15) is 11.6 Å². The highest BCUT2D eigenvalue weighted by atomic mass is 32.2. The smallest absolute Gasteiger partial charge is 0.416 e. The van der Waals surface area contributed by atoms with Crippen LogP contribution >= 0.6 is 0 Å². The molecule has 0 atom stereocenters. The van der Waals surface area contributed by atoms with Gasteiger partial charge in [-0.2, -0.15) is 13.2 Å². The predicted octanol–water partition coefficient (Wildman–Crippen LogP) is 5.25. The van der Waals surface area contributed by atoms with Crippen molar-refractivity contribution in [3.8, 4) is 5.75 Å². The first-order valence-corrected chi connectivity index (χ1v) is 13.5. The zero-order valence-corrected chi connectivity index (χ0v) is 21.2. The summed E-state index contributed by atoms with van der Waals surface area (Å²) in [6, 6.07) is 15.7. The molecule has 3 aromatic carbocycles. The average Bonchev–Trinajstić information content (AvgIpc) is 2.85. The van der Waals surface area contributed by atoms with Crippen LogP contribution in [0.3, 0.4) is 0 Å². The molecule has 0 fully saturated rings. The van der Waals surface area contributed by atoms with Crippen LogP contribution in [0.2, 0.25) is 0 Å². The van der Waals surface area contributed by atoms with Gasteiger partial charge in [0.25, 0.3) is 0 Å². The van der Waals surface area contributed by atoms with Gasteiger partial charge in [-0.1, -0.05) is 36.4 Å². The minimum Gasteiger partial charge on any atom is -0.494 e. The second-order valence-electron chi connectivity index (χ2n) is 8.75. The van der Waals surface area contributed by atoms with Crippen molar-refractivity contribution in [3.63, 3.8) is 0 Å². The third kappa shape index (κ3) is 8.84. The first-order valence-electron chi connectivity index (χ1n) is 11.7. The highest BCUT2D eigenvalue weighted by Crippen LogP contribution is 2.30. The maximum Gasteiger partial charge on any atom is 0.416 e. The number of ether oxygens (including phenoxy) is 1. The second kappa shape index (κ2) is 12.5. The van der Waals surface area contributed by atoms with Crippen molar-refractivity contribution < 1.29 is 35.8 Å². The van der Waals surface area contributed by atoms with E-state index in [2.05, 4.69) is 0 Å². The molecule has 5 nitrogen and oxygen atoms in total. The Kier molecular flexibility index (Phi) is 9.69. The topological polar surface area (TPSA) is 66.8 Å². The number of sulfone groups is 1. The molecule has 0 aliphatic carbocycles. The van der Waals surface area contributed by atoms with Crippen molar-refractivity contribution in [2.75, 3.05) is 26.0 Å². The fourth-order valence-electron chi connectivity index (χ4n) is 3.89. The fourth-order valence-corrected chi connectivity index (χ4v) is 4.83. The van der Waals surface area contributed by atoms with Gasteiger partial charge in [0.15, 0.2) is 9.84 Å². The van der Waals surface area contributed by atoms with E-state index in [1.54, 1.807) is 24.3 Å². The normalized spacial score (nSPS) is 12.2. The van der Waals surface area contributed by atoms with Crippen molar-refractivity contribution in [2.45, 2.75) is 37.1 Å². The average molecular weight is 540 g/mol. The molecule has 0 bridgehead atoms. The number of nitrogens with zero attached hydrogens (tertiary/aromatic N) is 1. The van der Waals surface area contributed by atoms with Gasteiger partial charge in [0, 0.05) is 25.9 Å². The summed E-state index contributed by atoms with van der Waals surface area (Å²) >= 11 is 0. The van der Waals surface area contributed by atoms with Crippen LogP contribution in [0.1, 0.15) is 28.7 Å². The lowest BCUT2D eigenvalue weighted by Gasteiger charge is -2.23. The summed E-state index contributed by atoms with van der Waals surface area (Å²) < 4.78 is 82.4. The van der Waals surface area contributed by atoms with Gasteiger partial charge in [-0.05, 0) is 59.9 Å². The molecule has 0 aliphatic heterocycles. The van der Waals surface area contributed by atoms with Crippen LogP contribution in [0.5, 0.6) is 5.75 Å². The minimum atomic E-state index is -4.43. The Morgan fingerprint density at radius 1 is 0.946 bits per heavy atom. The van der Waals surface area contributed by atoms with Gasteiger partial charge < -0.3 is 9.84 Å². The molecular weight excluding hydrogens is 510 g/mol. The van der Waals surface area contributed by atoms with Crippen LogP contribution in [-0.2, 0) is 35.6 Å². The third-order valence-corrected chi connectivity index (χ3v) is 6.97. The quantitative estimate of drug-likeness (QED) is 0.252. The maximum atomic E-state index is 13.2. The predicted molar refractivity (Wildman–Crippen MR) is 132 cm³/mol. The Balaban J connectivity index is 1.65. The first-order chi connectivity index (χ1) is 17.5. The molecule has 3 aromatic rings. The molecule has 0 radical (unpaired) electrons. The van der Waals surface area contributed by atoms with E-state index in [0.717, 1.165) is 24.0 Å². The van der Waals surface area contributed by atoms with Crippen molar-refractivity contribution in [2.24, 2.45) is 0 Å². The number of hydrogen-bond donors (Lipinski definition) is 1. The summed E-state index contributed by atoms with van der Waals surface area (Å²) in [5.41, 5.74) is 0.999. The standard InChI is InChI=1S/C27H29F4NO4S/c1-37(34,35)26-17-25(11-8-22(26)19-33)36-15-3-13-32(14-12-20-6-9-24(28)10-7-20)18-21-4-2-5-23(16-21)27(29,30)31/h2,4-11,16-17,33H,3,12-15,18-19H2,1H3. The van der Waals surface area contributed by atoms with Crippen LogP contribution in [0.15, 0.2) is 71.6 Å². The number of aliphatic hydroxyl groups is 1. The van der Waals surface area contributed by atoms with E-state index in [1.807, 2.05) is 4.90 Å². The van der Waals surface area contributed by atoms with E-state index in [1.165, 1.54) is 30.3 Å². The zero-order chi connectivity index (χ0) is 27.1. The van der Waals surface area contributed by atoms with Crippen LogP contribution < -0.4 is 4.74 Å². The molecule has 0 unspecified atom stereocenters. The summed E-state index contributed by atoms with van der Waals surface area (Å²) in [7, 11) is -3.55. The lowest BCUT2D eigenvalue weighted by Crippen LogP contribution is -2.28. The molecule has 0 aromatic heterocycles. The largest absolute Gasteiger partial charge is 0.494 e. The molecule has 0 amide bonds. The monoisotopic (exact) mass is 539 g/mol. The van der Waals surface area contributed by atoms with Gasteiger partial charge in [-0.25, -0.2) is 12.8 Å². The summed E-state index contributed by atoms with van der Waals surface area (Å²) in [4.78, 5) is 2.00. The van der Waals surface area contributed by atoms with E-state index in [-0.39, 0.29) is 29.4 Å². The van der Waals surface area contributed by atoms with Crippen molar-refractivity contribution >= 4 is 9.84 Å². The van der Waals surface area contributed by atoms with E-state index < -0.39 is 28.2 Å². The molecule has 10 heteroatoms. The zero-order valence-electron chi connectivity index (χ0n) is 20.3. The number of rotatable bonds is 12. The Labute approximate surface area is 214 Å². The molecule has 3 rings (SSSR count). The van der Waals surface area contributed by atoms with Crippen LogP contribution in [0, 0.1) is 5.82 Å². The maximum absolute atomic E-state index is 13.2. The number of alkyl halides is 3. The Bertz CT molecular complexity index is 1280. The molecule has 0 heterocycles. The second-order valence-corrected chi connectivity index (χ2v) is 10.7. The number of benzene rings is 3. The summed E-state index contributed by atoms with van der Waals surface area (Å²) in [5.74, 6) is 0.00105. The molecule has 0 spiro atoms. The van der Waals surface area contributed by atoms with Gasteiger partial charge >= 0.3 is 6.18 Å². The van der Waals surface area contributed by atoms with Gasteiger partial charge in [-0.15, -0.1) is 0 Å². The minimum absolute atomic E-state index is 0.00188. The number of aliphatic hydroxyl groups excluding tert-OH is 1. The Hall–Kier alpha value is -2.95. The van der Waals surface area contributed by atoms with Gasteiger partial charge in [0.05, 0.1) is 23.7 Å². The molecule has 1 N–H and O–H groups in total. The highest BCUT2D eigenvalue weighted by Gasteiger charge is 2.30. The molecule has 0 saturated carbocycles. The summed E-state index contributed by atoms with van der Waals surface area (Å²) in [6.45, 7) is 1.16. The first kappa shape index (κ1) is 28.6. The Morgan fingerprint density at radius 2 is 1.68 bits per heavy atom. The lowest BCUT2D eigenvalue weighted by molar-refractivity contribution is -0.137. The number of halogens is 4. The van der Waals surface area contributed by atoms with Crippen LogP contribution in [0.4, 0.5) is 17.6 Å². The molecular formula is C27H29F4NO4S. The molecule has 200 valence electrons. The molecule has 0 aliphatic rings. The summed E-state index contributed by atoms with van der Waals surface area (Å²) in [5, 5.41) is 9.39.